The average molecular weight is 432 g/mol. The lowest BCUT2D eigenvalue weighted by Gasteiger charge is -2.20. The highest BCUT2D eigenvalue weighted by molar-refractivity contribution is 5.65. The van der Waals surface area contributed by atoms with E-state index in [-0.39, 0.29) is 11.7 Å². The van der Waals surface area contributed by atoms with Gasteiger partial charge in [0.15, 0.2) is 17.4 Å². The Bertz CT molecular complexity index is 1140. The molecule has 2 heterocycles. The maximum Gasteiger partial charge on any atom is 0.225 e. The first-order valence-corrected chi connectivity index (χ1v) is 10.8. The van der Waals surface area contributed by atoms with Crippen LogP contribution in [-0.4, -0.2) is 29.7 Å². The molecule has 162 valence electrons. The highest BCUT2D eigenvalue weighted by Gasteiger charge is 2.56. The maximum atomic E-state index is 14.6. The minimum atomic E-state index is -0.721. The largest absolute Gasteiger partial charge is 0.487 e. The lowest BCUT2D eigenvalue weighted by atomic mass is 10.0. The van der Waals surface area contributed by atoms with Crippen LogP contribution in [0.15, 0.2) is 48.8 Å². The Morgan fingerprint density at radius 3 is 2.22 bits per heavy atom. The number of benzene rings is 2. The van der Waals surface area contributed by atoms with E-state index < -0.39 is 11.6 Å². The zero-order valence-corrected chi connectivity index (χ0v) is 17.6. The van der Waals surface area contributed by atoms with Crippen molar-refractivity contribution >= 4 is 5.95 Å². The minimum absolute atomic E-state index is 0.290. The number of hydrogen-bond donors (Lipinski definition) is 0. The molecule has 3 atom stereocenters. The van der Waals surface area contributed by atoms with Gasteiger partial charge in [-0.1, -0.05) is 19.1 Å². The fourth-order valence-corrected chi connectivity index (χ4v) is 4.53. The van der Waals surface area contributed by atoms with Gasteiger partial charge < -0.3 is 9.64 Å². The monoisotopic (exact) mass is 432 g/mol. The van der Waals surface area contributed by atoms with Gasteiger partial charge in [-0.25, -0.2) is 18.7 Å². The van der Waals surface area contributed by atoms with Crippen molar-refractivity contribution < 1.29 is 13.5 Å². The van der Waals surface area contributed by atoms with Gasteiger partial charge in [-0.2, -0.15) is 5.26 Å². The van der Waals surface area contributed by atoms with E-state index in [0.29, 0.717) is 35.1 Å². The van der Waals surface area contributed by atoms with Crippen LogP contribution in [-0.2, 0) is 6.42 Å². The summed E-state index contributed by atoms with van der Waals surface area (Å²) in [6, 6.07) is 11.1. The van der Waals surface area contributed by atoms with Crippen molar-refractivity contribution in [2.75, 3.05) is 24.6 Å². The van der Waals surface area contributed by atoms with E-state index >= 15 is 0 Å². The van der Waals surface area contributed by atoms with E-state index in [4.69, 9.17) is 10.00 Å². The third kappa shape index (κ3) is 3.77. The summed E-state index contributed by atoms with van der Waals surface area (Å²) < 4.78 is 34.8. The summed E-state index contributed by atoms with van der Waals surface area (Å²) in [6.45, 7) is 4.04. The van der Waals surface area contributed by atoms with E-state index in [1.54, 1.807) is 24.3 Å². The number of aryl methyl sites for hydroxylation is 1. The van der Waals surface area contributed by atoms with Gasteiger partial charge in [0, 0.05) is 31.4 Å². The zero-order valence-electron chi connectivity index (χ0n) is 17.6. The van der Waals surface area contributed by atoms with Gasteiger partial charge in [-0.05, 0) is 59.2 Å². The molecule has 0 spiro atoms. The van der Waals surface area contributed by atoms with Crippen LogP contribution in [0.25, 0.3) is 11.1 Å². The van der Waals surface area contributed by atoms with E-state index in [1.807, 2.05) is 18.5 Å². The molecule has 0 bridgehead atoms. The number of nitriles is 1. The van der Waals surface area contributed by atoms with Gasteiger partial charge in [-0.15, -0.1) is 0 Å². The summed E-state index contributed by atoms with van der Waals surface area (Å²) in [5.74, 6) is 0.134. The number of halogens is 2. The molecule has 2 aromatic carbocycles. The van der Waals surface area contributed by atoms with Crippen molar-refractivity contribution in [1.29, 1.82) is 5.26 Å². The second kappa shape index (κ2) is 8.19. The SMILES string of the molecule is CCc1cnc(N2CC3C(COc4c(F)cc(-c5ccc(C#N)cc5)cc4F)[C@@H]3C2)nc1. The number of aromatic nitrogens is 2. The van der Waals surface area contributed by atoms with Crippen molar-refractivity contribution in [3.8, 4) is 22.9 Å². The second-order valence-electron chi connectivity index (χ2n) is 8.41. The molecule has 1 aromatic heterocycles. The molecular formula is C25H22F2N4O. The average Bonchev–Trinajstić information content (AvgIpc) is 3.26. The lowest BCUT2D eigenvalue weighted by Crippen LogP contribution is -2.27. The maximum absolute atomic E-state index is 14.6. The summed E-state index contributed by atoms with van der Waals surface area (Å²) in [7, 11) is 0. The number of hydrogen-bond acceptors (Lipinski definition) is 5. The van der Waals surface area contributed by atoms with E-state index in [2.05, 4.69) is 21.8 Å². The van der Waals surface area contributed by atoms with Crippen molar-refractivity contribution in [3.05, 3.63) is 71.6 Å². The molecule has 2 fully saturated rings. The highest BCUT2D eigenvalue weighted by atomic mass is 19.1. The summed E-state index contributed by atoms with van der Waals surface area (Å²) in [6.07, 6.45) is 4.63. The highest BCUT2D eigenvalue weighted by Crippen LogP contribution is 2.52. The van der Waals surface area contributed by atoms with Crippen LogP contribution < -0.4 is 9.64 Å². The van der Waals surface area contributed by atoms with E-state index in [0.717, 1.165) is 31.0 Å². The van der Waals surface area contributed by atoms with Crippen molar-refractivity contribution in [3.63, 3.8) is 0 Å². The third-order valence-corrected chi connectivity index (χ3v) is 6.52. The molecule has 2 aliphatic rings. The van der Waals surface area contributed by atoms with Crippen LogP contribution in [0.3, 0.4) is 0 Å². The molecular weight excluding hydrogens is 410 g/mol. The first-order chi connectivity index (χ1) is 15.6. The summed E-state index contributed by atoms with van der Waals surface area (Å²) in [5.41, 5.74) is 2.65. The number of anilines is 1. The molecule has 1 saturated carbocycles. The number of rotatable bonds is 6. The Balaban J connectivity index is 1.20. The summed E-state index contributed by atoms with van der Waals surface area (Å²) >= 11 is 0. The van der Waals surface area contributed by atoms with Crippen LogP contribution >= 0.6 is 0 Å². The fourth-order valence-electron chi connectivity index (χ4n) is 4.53. The van der Waals surface area contributed by atoms with Crippen molar-refractivity contribution in [1.82, 2.24) is 9.97 Å². The van der Waals surface area contributed by atoms with E-state index in [1.165, 1.54) is 12.1 Å². The first kappa shape index (κ1) is 20.4. The Kier molecular flexibility index (Phi) is 5.22. The Labute approximate surface area is 185 Å². The van der Waals surface area contributed by atoms with Gasteiger partial charge in [0.1, 0.15) is 0 Å². The second-order valence-corrected chi connectivity index (χ2v) is 8.41. The standard InChI is InChI=1S/C25H22F2N4O/c1-2-15-10-29-25(30-11-15)31-12-19-20(13-31)21(19)14-32-24-22(26)7-18(8-23(24)27)17-5-3-16(9-28)4-6-17/h3-8,10-11,19-21H,2,12-14H2,1H3/t19-,20?,21?/m1/s1. The summed E-state index contributed by atoms with van der Waals surface area (Å²) in [5, 5.41) is 8.89. The van der Waals surface area contributed by atoms with Crippen LogP contribution in [0.2, 0.25) is 0 Å². The van der Waals surface area contributed by atoms with Gasteiger partial charge in [0.2, 0.25) is 5.95 Å². The minimum Gasteiger partial charge on any atom is -0.487 e. The molecule has 32 heavy (non-hydrogen) atoms. The lowest BCUT2D eigenvalue weighted by molar-refractivity contribution is 0.257. The predicted molar refractivity (Wildman–Crippen MR) is 116 cm³/mol. The van der Waals surface area contributed by atoms with Gasteiger partial charge >= 0.3 is 0 Å². The molecule has 5 rings (SSSR count). The normalized spacial score (nSPS) is 21.2. The quantitative estimate of drug-likeness (QED) is 0.569. The van der Waals surface area contributed by atoms with Crippen LogP contribution in [0.1, 0.15) is 18.1 Å². The van der Waals surface area contributed by atoms with Crippen LogP contribution in [0.4, 0.5) is 14.7 Å². The van der Waals surface area contributed by atoms with E-state index in [9.17, 15) is 8.78 Å². The number of fused-ring (bicyclic) bond motifs is 1. The molecule has 5 nitrogen and oxygen atoms in total. The molecule has 2 unspecified atom stereocenters. The number of nitrogens with zero attached hydrogens (tertiary/aromatic N) is 4. The van der Waals surface area contributed by atoms with Gasteiger partial charge in [0.05, 0.1) is 18.2 Å². The van der Waals surface area contributed by atoms with Crippen LogP contribution in [0.5, 0.6) is 5.75 Å². The molecule has 3 aromatic rings. The third-order valence-electron chi connectivity index (χ3n) is 6.52. The fraction of sp³-hybridized carbons (Fsp3) is 0.320. The van der Waals surface area contributed by atoms with Gasteiger partial charge in [0.25, 0.3) is 0 Å². The number of ether oxygens (including phenoxy) is 1. The molecule has 0 radical (unpaired) electrons. The topological polar surface area (TPSA) is 62.0 Å². The molecule has 0 amide bonds. The molecule has 1 aliphatic heterocycles. The summed E-state index contributed by atoms with van der Waals surface area (Å²) in [4.78, 5) is 11.0. The smallest absolute Gasteiger partial charge is 0.225 e. The van der Waals surface area contributed by atoms with Crippen molar-refractivity contribution in [2.45, 2.75) is 13.3 Å². The van der Waals surface area contributed by atoms with Crippen molar-refractivity contribution in [2.24, 2.45) is 17.8 Å². The van der Waals surface area contributed by atoms with Gasteiger partial charge in [-0.3, -0.25) is 0 Å². The molecule has 1 aliphatic carbocycles. The Morgan fingerprint density at radius 2 is 1.66 bits per heavy atom. The number of piperidine rings is 1. The van der Waals surface area contributed by atoms with Crippen LogP contribution in [0, 0.1) is 40.7 Å². The Morgan fingerprint density at radius 1 is 1.03 bits per heavy atom. The Hall–Kier alpha value is -3.53. The molecule has 0 N–H and O–H groups in total. The molecule has 1 saturated heterocycles. The zero-order chi connectivity index (χ0) is 22.2. The predicted octanol–water partition coefficient (Wildman–Crippen LogP) is 4.62. The first-order valence-electron chi connectivity index (χ1n) is 10.8. The molecule has 7 heteroatoms.